The van der Waals surface area contributed by atoms with Crippen LogP contribution in [-0.4, -0.2) is 12.6 Å². The third-order valence-electron chi connectivity index (χ3n) is 1.89. The molecule has 0 radical (unpaired) electrons. The Morgan fingerprint density at radius 1 is 1.56 bits per heavy atom. The molecule has 52 valence electrons. The van der Waals surface area contributed by atoms with Crippen LogP contribution in [-0.2, 0) is 0 Å². The zero-order valence-corrected chi connectivity index (χ0v) is 5.90. The average molecular weight is 125 g/mol. The highest BCUT2D eigenvalue weighted by Crippen LogP contribution is 2.17. The molecule has 0 atom stereocenters. The van der Waals surface area contributed by atoms with Gasteiger partial charge in [-0.2, -0.15) is 0 Å². The maximum Gasteiger partial charge on any atom is 0.0694 e. The summed E-state index contributed by atoms with van der Waals surface area (Å²) in [6, 6.07) is 0.838. The first kappa shape index (κ1) is 6.94. The molecule has 1 rings (SSSR count). The van der Waals surface area contributed by atoms with E-state index in [1.807, 2.05) is 6.42 Å². The van der Waals surface area contributed by atoms with Crippen LogP contribution in [0.25, 0.3) is 0 Å². The molecule has 1 heteroatoms. The van der Waals surface area contributed by atoms with E-state index in [1.165, 1.54) is 19.3 Å². The lowest BCUT2D eigenvalue weighted by Crippen LogP contribution is -2.35. The topological polar surface area (TPSA) is 12.0 Å². The Kier molecular flexibility index (Phi) is 2.92. The average Bonchev–Trinajstić information content (AvgIpc) is 1.76. The largest absolute Gasteiger partial charge is 0.310 e. The monoisotopic (exact) mass is 125 g/mol. The quantitative estimate of drug-likeness (QED) is 0.444. The molecule has 0 aromatic heterocycles. The molecule has 1 fully saturated rings. The minimum Gasteiger partial charge on any atom is -0.310 e. The third kappa shape index (κ3) is 2.27. The maximum absolute atomic E-state index is 3.66. The van der Waals surface area contributed by atoms with Crippen LogP contribution in [0, 0.1) is 13.3 Å². The first-order chi connectivity index (χ1) is 4.43. The Morgan fingerprint density at radius 2 is 2.33 bits per heavy atom. The minimum absolute atomic E-state index is 0.838. The maximum atomic E-state index is 3.66. The summed E-state index contributed by atoms with van der Waals surface area (Å²) >= 11 is 0. The van der Waals surface area contributed by atoms with Crippen LogP contribution in [0.5, 0.6) is 0 Å². The van der Waals surface area contributed by atoms with Crippen LogP contribution in [0.3, 0.4) is 0 Å². The van der Waals surface area contributed by atoms with Crippen molar-refractivity contribution < 1.29 is 0 Å². The first-order valence-electron chi connectivity index (χ1n) is 3.78. The van der Waals surface area contributed by atoms with E-state index in [9.17, 15) is 0 Å². The molecule has 0 amide bonds. The van der Waals surface area contributed by atoms with Gasteiger partial charge in [0.15, 0.2) is 0 Å². The van der Waals surface area contributed by atoms with Crippen molar-refractivity contribution in [2.24, 2.45) is 0 Å². The Labute approximate surface area is 57.8 Å². The Bertz CT molecular complexity index is 67.0. The molecule has 0 aliphatic heterocycles. The smallest absolute Gasteiger partial charge is 0.0694 e. The molecule has 1 aliphatic carbocycles. The van der Waals surface area contributed by atoms with Gasteiger partial charge in [0.1, 0.15) is 0 Å². The second kappa shape index (κ2) is 3.78. The van der Waals surface area contributed by atoms with Crippen molar-refractivity contribution in [2.45, 2.75) is 31.7 Å². The van der Waals surface area contributed by atoms with Crippen LogP contribution in [0.2, 0.25) is 0 Å². The second-order valence-corrected chi connectivity index (χ2v) is 2.66. The second-order valence-electron chi connectivity index (χ2n) is 2.66. The van der Waals surface area contributed by atoms with Crippen LogP contribution in [0.1, 0.15) is 25.7 Å². The van der Waals surface area contributed by atoms with Crippen LogP contribution < -0.4 is 5.32 Å². The van der Waals surface area contributed by atoms with Gasteiger partial charge < -0.3 is 5.32 Å². The van der Waals surface area contributed by atoms with Gasteiger partial charge in [-0.05, 0) is 12.8 Å². The van der Waals surface area contributed by atoms with Crippen molar-refractivity contribution >= 4 is 0 Å². The van der Waals surface area contributed by atoms with Gasteiger partial charge in [0.25, 0.3) is 0 Å². The van der Waals surface area contributed by atoms with Crippen LogP contribution >= 0.6 is 0 Å². The molecule has 9 heavy (non-hydrogen) atoms. The molecule has 0 aromatic carbocycles. The minimum atomic E-state index is 0.838. The molecule has 1 aliphatic rings. The van der Waals surface area contributed by atoms with Gasteiger partial charge in [-0.1, -0.05) is 12.8 Å². The van der Waals surface area contributed by atoms with E-state index in [4.69, 9.17) is 0 Å². The van der Waals surface area contributed by atoms with Crippen molar-refractivity contribution in [1.82, 2.24) is 5.32 Å². The third-order valence-corrected chi connectivity index (χ3v) is 1.89. The lowest BCUT2D eigenvalue weighted by molar-refractivity contribution is 0.342. The lowest BCUT2D eigenvalue weighted by Gasteiger charge is -2.25. The van der Waals surface area contributed by atoms with Crippen molar-refractivity contribution in [3.8, 4) is 0 Å². The molecule has 0 aromatic rings. The predicted molar refractivity (Wildman–Crippen MR) is 39.9 cm³/mol. The van der Waals surface area contributed by atoms with E-state index in [1.54, 1.807) is 0 Å². The number of nitrogens with one attached hydrogen (secondary N) is 1. The molecular formula is C8H15N. The van der Waals surface area contributed by atoms with Gasteiger partial charge in [0, 0.05) is 12.6 Å². The Balaban J connectivity index is 1.80. The summed E-state index contributed by atoms with van der Waals surface area (Å²) in [6.07, 6.45) is 7.27. The van der Waals surface area contributed by atoms with Crippen LogP contribution in [0.15, 0.2) is 0 Å². The normalized spacial score (nSPS) is 19.2. The Hall–Kier alpha value is -0.170. The highest BCUT2D eigenvalue weighted by atomic mass is 14.9. The zero-order chi connectivity index (χ0) is 6.53. The molecular weight excluding hydrogens is 110 g/mol. The summed E-state index contributed by atoms with van der Waals surface area (Å²) in [5.74, 6) is 0. The van der Waals surface area contributed by atoms with Gasteiger partial charge in [-0.3, -0.25) is 0 Å². The summed E-state index contributed by atoms with van der Waals surface area (Å²) in [5, 5.41) is 3.45. The first-order valence-corrected chi connectivity index (χ1v) is 3.78. The fraction of sp³-hybridized carbons (Fsp3) is 0.750. The highest BCUT2D eigenvalue weighted by Gasteiger charge is 2.15. The van der Waals surface area contributed by atoms with Crippen molar-refractivity contribution in [2.75, 3.05) is 6.54 Å². The van der Waals surface area contributed by atoms with E-state index in [0.717, 1.165) is 19.0 Å². The van der Waals surface area contributed by atoms with E-state index in [2.05, 4.69) is 12.2 Å². The molecule has 0 unspecified atom stereocenters. The van der Waals surface area contributed by atoms with Gasteiger partial charge in [0.2, 0.25) is 0 Å². The van der Waals surface area contributed by atoms with E-state index >= 15 is 0 Å². The van der Waals surface area contributed by atoms with Crippen molar-refractivity contribution in [1.29, 1.82) is 0 Å². The van der Waals surface area contributed by atoms with Gasteiger partial charge in [-0.25, -0.2) is 0 Å². The SMILES string of the molecule is [CH2-][CH+]CCNC1CCC1. The molecule has 0 spiro atoms. The summed E-state index contributed by atoms with van der Waals surface area (Å²) < 4.78 is 0. The summed E-state index contributed by atoms with van der Waals surface area (Å²) in [5.41, 5.74) is 0. The van der Waals surface area contributed by atoms with Crippen molar-refractivity contribution in [3.63, 3.8) is 0 Å². The molecule has 1 N–H and O–H groups in total. The highest BCUT2D eigenvalue weighted by molar-refractivity contribution is 4.77. The number of hydrogen-bond acceptors (Lipinski definition) is 1. The predicted octanol–water partition coefficient (Wildman–Crippen LogP) is 1.56. The Morgan fingerprint density at radius 3 is 2.78 bits per heavy atom. The molecule has 0 heterocycles. The van der Waals surface area contributed by atoms with Crippen molar-refractivity contribution in [3.05, 3.63) is 13.3 Å². The summed E-state index contributed by atoms with van der Waals surface area (Å²) in [7, 11) is 0. The zero-order valence-electron chi connectivity index (χ0n) is 5.90. The molecule has 1 nitrogen and oxygen atoms in total. The standard InChI is InChI=1S/C8H15N/c1-2-3-7-9-8-5-4-6-8/h2,8-9H,1,3-7H2. The lowest BCUT2D eigenvalue weighted by atomic mass is 9.93. The fourth-order valence-electron chi connectivity index (χ4n) is 1.00. The molecule has 0 saturated heterocycles. The number of unbranched alkanes of at least 4 members (excludes halogenated alkanes) is 1. The molecule has 0 bridgehead atoms. The number of hydrogen-bond donors (Lipinski definition) is 1. The van der Waals surface area contributed by atoms with Crippen LogP contribution in [0.4, 0.5) is 0 Å². The van der Waals surface area contributed by atoms with Gasteiger partial charge in [0.05, 0.1) is 6.42 Å². The van der Waals surface area contributed by atoms with Gasteiger partial charge in [-0.15, -0.1) is 6.92 Å². The van der Waals surface area contributed by atoms with E-state index < -0.39 is 0 Å². The van der Waals surface area contributed by atoms with E-state index in [-0.39, 0.29) is 0 Å². The number of rotatable bonds is 4. The summed E-state index contributed by atoms with van der Waals surface area (Å²) in [6.45, 7) is 4.78. The fourth-order valence-corrected chi connectivity index (χ4v) is 1.00. The van der Waals surface area contributed by atoms with Gasteiger partial charge >= 0.3 is 0 Å². The summed E-state index contributed by atoms with van der Waals surface area (Å²) in [4.78, 5) is 0. The molecule has 1 saturated carbocycles. The van der Waals surface area contributed by atoms with E-state index in [0.29, 0.717) is 0 Å².